The molecule has 0 aliphatic heterocycles. The third-order valence-corrected chi connectivity index (χ3v) is 3.04. The number of anilines is 1. The summed E-state index contributed by atoms with van der Waals surface area (Å²) in [5, 5.41) is 12.1. The number of benzene rings is 2. The molecule has 2 aromatic rings. The average Bonchev–Trinajstić information content (AvgIpc) is 2.42. The molecule has 20 heavy (non-hydrogen) atoms. The molecule has 0 saturated carbocycles. The molecule has 0 saturated heterocycles. The third kappa shape index (κ3) is 3.16. The predicted molar refractivity (Wildman–Crippen MR) is 77.5 cm³/mol. The van der Waals surface area contributed by atoms with Crippen LogP contribution in [0.25, 0.3) is 0 Å². The van der Waals surface area contributed by atoms with E-state index in [-0.39, 0.29) is 22.5 Å². The van der Waals surface area contributed by atoms with Crippen LogP contribution in [0.4, 0.5) is 5.69 Å². The van der Waals surface area contributed by atoms with Gasteiger partial charge in [-0.2, -0.15) is 0 Å². The van der Waals surface area contributed by atoms with Gasteiger partial charge in [-0.1, -0.05) is 23.7 Å². The van der Waals surface area contributed by atoms with E-state index in [1.807, 2.05) is 0 Å². The number of nitrogens with one attached hydrogen (secondary N) is 1. The summed E-state index contributed by atoms with van der Waals surface area (Å²) in [4.78, 5) is 23.3. The number of phenols is 1. The van der Waals surface area contributed by atoms with E-state index in [0.29, 0.717) is 16.8 Å². The second-order valence-electron chi connectivity index (χ2n) is 4.26. The van der Waals surface area contributed by atoms with Gasteiger partial charge in [0.2, 0.25) is 0 Å². The van der Waals surface area contributed by atoms with Crippen LogP contribution in [0.15, 0.2) is 42.5 Å². The Hall–Kier alpha value is -2.33. The summed E-state index contributed by atoms with van der Waals surface area (Å²) in [5.74, 6) is -0.525. The first kappa shape index (κ1) is 14.1. The minimum Gasteiger partial charge on any atom is -0.506 e. The van der Waals surface area contributed by atoms with E-state index in [1.165, 1.54) is 25.1 Å². The first-order valence-electron chi connectivity index (χ1n) is 5.88. The van der Waals surface area contributed by atoms with Crippen LogP contribution >= 0.6 is 11.6 Å². The molecule has 0 unspecified atom stereocenters. The molecule has 1 amide bonds. The van der Waals surface area contributed by atoms with Crippen LogP contribution in [0.1, 0.15) is 27.6 Å². The van der Waals surface area contributed by atoms with Crippen molar-refractivity contribution >= 4 is 29.0 Å². The molecule has 4 nitrogen and oxygen atoms in total. The number of ketones is 1. The molecule has 0 spiro atoms. The smallest absolute Gasteiger partial charge is 0.255 e. The van der Waals surface area contributed by atoms with Crippen molar-refractivity contribution in [1.29, 1.82) is 0 Å². The third-order valence-electron chi connectivity index (χ3n) is 2.74. The summed E-state index contributed by atoms with van der Waals surface area (Å²) in [6, 6.07) is 10.8. The zero-order valence-corrected chi connectivity index (χ0v) is 11.4. The molecule has 0 aliphatic carbocycles. The summed E-state index contributed by atoms with van der Waals surface area (Å²) < 4.78 is 0. The molecule has 0 fully saturated rings. The van der Waals surface area contributed by atoms with Crippen LogP contribution in [0, 0.1) is 0 Å². The normalized spacial score (nSPS) is 10.1. The standard InChI is InChI=1S/C15H12ClNO3/c1-9(18)10-3-2-4-12(7-10)17-15(20)11-5-6-14(19)13(16)8-11/h2-8,19H,1H3,(H,17,20). The number of carbonyl (C=O) groups is 2. The topological polar surface area (TPSA) is 66.4 Å². The molecule has 2 rings (SSSR count). The van der Waals surface area contributed by atoms with E-state index in [4.69, 9.17) is 11.6 Å². The largest absolute Gasteiger partial charge is 0.506 e. The molecule has 0 radical (unpaired) electrons. The maximum absolute atomic E-state index is 12.0. The first-order chi connectivity index (χ1) is 9.47. The fourth-order valence-corrected chi connectivity index (χ4v) is 1.85. The summed E-state index contributed by atoms with van der Waals surface area (Å²) in [7, 11) is 0. The number of rotatable bonds is 3. The second kappa shape index (κ2) is 5.75. The quantitative estimate of drug-likeness (QED) is 0.850. The van der Waals surface area contributed by atoms with Gasteiger partial charge in [-0.25, -0.2) is 0 Å². The zero-order chi connectivity index (χ0) is 14.7. The van der Waals surface area contributed by atoms with E-state index >= 15 is 0 Å². The van der Waals surface area contributed by atoms with Crippen LogP contribution < -0.4 is 5.32 Å². The van der Waals surface area contributed by atoms with Crippen molar-refractivity contribution in [1.82, 2.24) is 0 Å². The summed E-state index contributed by atoms with van der Waals surface area (Å²) >= 11 is 5.75. The van der Waals surface area contributed by atoms with Gasteiger partial charge in [0.05, 0.1) is 5.02 Å². The molecule has 0 aromatic heterocycles. The zero-order valence-electron chi connectivity index (χ0n) is 10.7. The van der Waals surface area contributed by atoms with Gasteiger partial charge in [-0.3, -0.25) is 9.59 Å². The van der Waals surface area contributed by atoms with Crippen molar-refractivity contribution in [3.05, 3.63) is 58.6 Å². The number of hydrogen-bond acceptors (Lipinski definition) is 3. The molecule has 0 aliphatic rings. The Morgan fingerprint density at radius 2 is 1.85 bits per heavy atom. The number of carbonyl (C=O) groups excluding carboxylic acids is 2. The number of aromatic hydroxyl groups is 1. The van der Waals surface area contributed by atoms with Crippen LogP contribution in [0.5, 0.6) is 5.75 Å². The van der Waals surface area contributed by atoms with Gasteiger partial charge in [-0.05, 0) is 37.3 Å². The lowest BCUT2D eigenvalue weighted by Gasteiger charge is -2.07. The number of hydrogen-bond donors (Lipinski definition) is 2. The average molecular weight is 290 g/mol. The minimum absolute atomic E-state index is 0.0752. The monoisotopic (exact) mass is 289 g/mol. The molecular formula is C15H12ClNO3. The van der Waals surface area contributed by atoms with Crippen LogP contribution in [-0.2, 0) is 0 Å². The summed E-state index contributed by atoms with van der Waals surface area (Å²) in [5.41, 5.74) is 1.36. The molecular weight excluding hydrogens is 278 g/mol. The van der Waals surface area contributed by atoms with Crippen LogP contribution in [-0.4, -0.2) is 16.8 Å². The molecule has 0 heterocycles. The lowest BCUT2D eigenvalue weighted by molar-refractivity contribution is 0.101. The molecule has 5 heteroatoms. The highest BCUT2D eigenvalue weighted by Gasteiger charge is 2.09. The van der Waals surface area contributed by atoms with E-state index < -0.39 is 0 Å². The van der Waals surface area contributed by atoms with E-state index in [2.05, 4.69) is 5.32 Å². The van der Waals surface area contributed by atoms with Crippen molar-refractivity contribution in [3.8, 4) is 5.75 Å². The minimum atomic E-state index is -0.368. The number of phenolic OH excluding ortho intramolecular Hbond substituents is 1. The molecule has 102 valence electrons. The molecule has 0 atom stereocenters. The van der Waals surface area contributed by atoms with Crippen molar-refractivity contribution in [3.63, 3.8) is 0 Å². The lowest BCUT2D eigenvalue weighted by Crippen LogP contribution is -2.12. The number of amides is 1. The Morgan fingerprint density at radius 3 is 2.50 bits per heavy atom. The molecule has 2 N–H and O–H groups in total. The van der Waals surface area contributed by atoms with Gasteiger partial charge in [0.15, 0.2) is 5.78 Å². The maximum Gasteiger partial charge on any atom is 0.255 e. The van der Waals surface area contributed by atoms with E-state index in [1.54, 1.807) is 24.3 Å². The van der Waals surface area contributed by atoms with Gasteiger partial charge < -0.3 is 10.4 Å². The van der Waals surface area contributed by atoms with Crippen molar-refractivity contribution in [2.24, 2.45) is 0 Å². The van der Waals surface area contributed by atoms with Crippen molar-refractivity contribution in [2.45, 2.75) is 6.92 Å². The van der Waals surface area contributed by atoms with E-state index in [9.17, 15) is 14.7 Å². The van der Waals surface area contributed by atoms with E-state index in [0.717, 1.165) is 0 Å². The highest BCUT2D eigenvalue weighted by molar-refractivity contribution is 6.32. The Bertz CT molecular complexity index is 683. The van der Waals surface area contributed by atoms with Gasteiger partial charge in [-0.15, -0.1) is 0 Å². The summed E-state index contributed by atoms with van der Waals surface area (Å²) in [6.45, 7) is 1.46. The fourth-order valence-electron chi connectivity index (χ4n) is 1.67. The second-order valence-corrected chi connectivity index (χ2v) is 4.66. The fraction of sp³-hybridized carbons (Fsp3) is 0.0667. The van der Waals surface area contributed by atoms with Crippen LogP contribution in [0.3, 0.4) is 0 Å². The predicted octanol–water partition coefficient (Wildman–Crippen LogP) is 3.50. The van der Waals surface area contributed by atoms with Gasteiger partial charge in [0.25, 0.3) is 5.91 Å². The number of halogens is 1. The highest BCUT2D eigenvalue weighted by atomic mass is 35.5. The lowest BCUT2D eigenvalue weighted by atomic mass is 10.1. The van der Waals surface area contributed by atoms with Crippen molar-refractivity contribution < 1.29 is 14.7 Å². The van der Waals surface area contributed by atoms with Gasteiger partial charge in [0, 0.05) is 16.8 Å². The van der Waals surface area contributed by atoms with Gasteiger partial charge in [0.1, 0.15) is 5.75 Å². The Labute approximate surface area is 121 Å². The Kier molecular flexibility index (Phi) is 4.05. The van der Waals surface area contributed by atoms with Crippen molar-refractivity contribution in [2.75, 3.05) is 5.32 Å². The molecule has 2 aromatic carbocycles. The Morgan fingerprint density at radius 1 is 1.10 bits per heavy atom. The molecule has 0 bridgehead atoms. The SMILES string of the molecule is CC(=O)c1cccc(NC(=O)c2ccc(O)c(Cl)c2)c1. The summed E-state index contributed by atoms with van der Waals surface area (Å²) in [6.07, 6.45) is 0. The van der Waals surface area contributed by atoms with Crippen LogP contribution in [0.2, 0.25) is 5.02 Å². The van der Waals surface area contributed by atoms with Gasteiger partial charge >= 0.3 is 0 Å². The Balaban J connectivity index is 2.21. The maximum atomic E-state index is 12.0. The highest BCUT2D eigenvalue weighted by Crippen LogP contribution is 2.24. The first-order valence-corrected chi connectivity index (χ1v) is 6.26. The number of Topliss-reactive ketones (excluding diaryl/α,β-unsaturated/α-hetero) is 1.